The molecular weight excluding hydrogens is 506 g/mol. The molecule has 0 aliphatic heterocycles. The second-order valence-electron chi connectivity index (χ2n) is 6.89. The normalized spacial score (nSPS) is 11.1. The van der Waals surface area contributed by atoms with Gasteiger partial charge >= 0.3 is 5.97 Å². The molecule has 0 saturated heterocycles. The molecular formula is C23H19Cl2FN2O5S. The highest BCUT2D eigenvalue weighted by Gasteiger charge is 2.28. The smallest absolute Gasteiger partial charge is 0.339 e. The van der Waals surface area contributed by atoms with Gasteiger partial charge in [0, 0.05) is 5.69 Å². The average Bonchev–Trinajstić information content (AvgIpc) is 2.80. The number of esters is 1. The van der Waals surface area contributed by atoms with Gasteiger partial charge in [0.05, 0.1) is 32.8 Å². The Morgan fingerprint density at radius 2 is 1.71 bits per heavy atom. The van der Waals surface area contributed by atoms with Gasteiger partial charge in [-0.2, -0.15) is 0 Å². The molecule has 7 nitrogen and oxygen atoms in total. The van der Waals surface area contributed by atoms with Crippen LogP contribution in [0, 0.1) is 5.82 Å². The van der Waals surface area contributed by atoms with E-state index in [1.54, 1.807) is 13.0 Å². The molecule has 0 unspecified atom stereocenters. The van der Waals surface area contributed by atoms with Gasteiger partial charge in [0.25, 0.3) is 10.0 Å². The lowest BCUT2D eigenvalue weighted by atomic mass is 10.2. The molecule has 0 heterocycles. The van der Waals surface area contributed by atoms with E-state index in [1.807, 2.05) is 0 Å². The standard InChI is InChI=1S/C23H19Cl2FN2O5S/c1-2-33-23(30)18-10-8-15(12-19(18)24)27-22(29)14-28(16-9-11-21(26)20(25)13-16)34(31,32)17-6-4-3-5-7-17/h3-13H,2,14H2,1H3,(H,27,29). The first-order valence-electron chi connectivity index (χ1n) is 9.93. The fourth-order valence-corrected chi connectivity index (χ4v) is 4.84. The number of sulfonamides is 1. The van der Waals surface area contributed by atoms with Crippen LogP contribution >= 0.6 is 23.2 Å². The molecule has 1 N–H and O–H groups in total. The maximum Gasteiger partial charge on any atom is 0.339 e. The highest BCUT2D eigenvalue weighted by Crippen LogP contribution is 2.28. The van der Waals surface area contributed by atoms with E-state index in [0.29, 0.717) is 0 Å². The van der Waals surface area contributed by atoms with Crippen molar-refractivity contribution in [1.82, 2.24) is 0 Å². The van der Waals surface area contributed by atoms with Crippen LogP contribution in [0.25, 0.3) is 0 Å². The number of benzene rings is 3. The predicted octanol–water partition coefficient (Wildman–Crippen LogP) is 5.14. The number of nitrogens with one attached hydrogen (secondary N) is 1. The Hall–Kier alpha value is -3.14. The lowest BCUT2D eigenvalue weighted by Crippen LogP contribution is -2.38. The van der Waals surface area contributed by atoms with Gasteiger partial charge in [0.2, 0.25) is 5.91 Å². The molecule has 3 aromatic carbocycles. The summed E-state index contributed by atoms with van der Waals surface area (Å²) in [5, 5.41) is 2.29. The Labute approximate surface area is 206 Å². The minimum Gasteiger partial charge on any atom is -0.462 e. The molecule has 0 aromatic heterocycles. The summed E-state index contributed by atoms with van der Waals surface area (Å²) in [6, 6.07) is 15.0. The van der Waals surface area contributed by atoms with Crippen LogP contribution in [0.5, 0.6) is 0 Å². The van der Waals surface area contributed by atoms with Gasteiger partial charge in [0.15, 0.2) is 0 Å². The molecule has 3 rings (SSSR count). The molecule has 0 saturated carbocycles. The van der Waals surface area contributed by atoms with Crippen molar-refractivity contribution in [3.8, 4) is 0 Å². The van der Waals surface area contributed by atoms with Crippen LogP contribution in [-0.4, -0.2) is 33.4 Å². The molecule has 3 aromatic rings. The Bertz CT molecular complexity index is 1320. The minimum absolute atomic E-state index is 0.00101. The van der Waals surface area contributed by atoms with Crippen molar-refractivity contribution < 1.29 is 27.1 Å². The lowest BCUT2D eigenvalue weighted by Gasteiger charge is -2.24. The van der Waals surface area contributed by atoms with Gasteiger partial charge in [-0.05, 0) is 55.5 Å². The van der Waals surface area contributed by atoms with Crippen molar-refractivity contribution in [2.45, 2.75) is 11.8 Å². The second-order valence-corrected chi connectivity index (χ2v) is 9.56. The molecule has 0 fully saturated rings. The van der Waals surface area contributed by atoms with E-state index in [1.165, 1.54) is 48.5 Å². The van der Waals surface area contributed by atoms with Crippen LogP contribution < -0.4 is 9.62 Å². The van der Waals surface area contributed by atoms with Crippen LogP contribution in [0.1, 0.15) is 17.3 Å². The third kappa shape index (κ3) is 5.85. The molecule has 0 spiro atoms. The fraction of sp³-hybridized carbons (Fsp3) is 0.130. The van der Waals surface area contributed by atoms with Gasteiger partial charge in [-0.15, -0.1) is 0 Å². The number of ether oxygens (including phenoxy) is 1. The topological polar surface area (TPSA) is 92.8 Å². The molecule has 178 valence electrons. The van der Waals surface area contributed by atoms with E-state index in [2.05, 4.69) is 5.32 Å². The maximum absolute atomic E-state index is 13.7. The summed E-state index contributed by atoms with van der Waals surface area (Å²) in [6.07, 6.45) is 0. The number of amides is 1. The first kappa shape index (κ1) is 25.5. The van der Waals surface area contributed by atoms with E-state index in [4.69, 9.17) is 27.9 Å². The molecule has 0 aliphatic carbocycles. The van der Waals surface area contributed by atoms with Gasteiger partial charge in [-0.3, -0.25) is 9.10 Å². The summed E-state index contributed by atoms with van der Waals surface area (Å²) >= 11 is 12.0. The number of nitrogens with zero attached hydrogens (tertiary/aromatic N) is 1. The first-order chi connectivity index (χ1) is 16.1. The number of anilines is 2. The second kappa shape index (κ2) is 10.9. The Morgan fingerprint density at radius 1 is 1.00 bits per heavy atom. The average molecular weight is 525 g/mol. The quantitative estimate of drug-likeness (QED) is 0.411. The Morgan fingerprint density at radius 3 is 2.32 bits per heavy atom. The summed E-state index contributed by atoms with van der Waals surface area (Å²) in [4.78, 5) is 24.6. The summed E-state index contributed by atoms with van der Waals surface area (Å²) in [5.74, 6) is -2.05. The number of rotatable bonds is 8. The van der Waals surface area contributed by atoms with E-state index in [9.17, 15) is 22.4 Å². The molecule has 34 heavy (non-hydrogen) atoms. The SMILES string of the molecule is CCOC(=O)c1ccc(NC(=O)CN(c2ccc(F)c(Cl)c2)S(=O)(=O)c2ccccc2)cc1Cl. The zero-order valence-corrected chi connectivity index (χ0v) is 20.1. The first-order valence-corrected chi connectivity index (χ1v) is 12.1. The lowest BCUT2D eigenvalue weighted by molar-refractivity contribution is -0.114. The highest BCUT2D eigenvalue weighted by atomic mass is 35.5. The minimum atomic E-state index is -4.20. The van der Waals surface area contributed by atoms with Crippen molar-refractivity contribution in [2.24, 2.45) is 0 Å². The number of carbonyl (C=O) groups is 2. The molecule has 0 bridgehead atoms. The number of hydrogen-bond donors (Lipinski definition) is 1. The summed E-state index contributed by atoms with van der Waals surface area (Å²) in [6.45, 7) is 1.19. The zero-order chi connectivity index (χ0) is 24.9. The van der Waals surface area contributed by atoms with E-state index < -0.39 is 34.3 Å². The Kier molecular flexibility index (Phi) is 8.14. The van der Waals surface area contributed by atoms with Gasteiger partial charge in [0.1, 0.15) is 12.4 Å². The zero-order valence-electron chi connectivity index (χ0n) is 17.8. The van der Waals surface area contributed by atoms with Crippen molar-refractivity contribution in [2.75, 3.05) is 22.8 Å². The van der Waals surface area contributed by atoms with E-state index in [-0.39, 0.29) is 38.5 Å². The number of hydrogen-bond acceptors (Lipinski definition) is 5. The third-order valence-corrected chi connectivity index (χ3v) is 6.95. The Balaban J connectivity index is 1.89. The molecule has 1 amide bonds. The van der Waals surface area contributed by atoms with Gasteiger partial charge in [-0.1, -0.05) is 41.4 Å². The molecule has 11 heteroatoms. The van der Waals surface area contributed by atoms with Crippen molar-refractivity contribution in [1.29, 1.82) is 0 Å². The van der Waals surface area contributed by atoms with Gasteiger partial charge in [-0.25, -0.2) is 17.6 Å². The molecule has 0 aliphatic rings. The van der Waals surface area contributed by atoms with Crippen LogP contribution in [-0.2, 0) is 19.6 Å². The summed E-state index contributed by atoms with van der Waals surface area (Å²) < 4.78 is 46.0. The predicted molar refractivity (Wildman–Crippen MR) is 128 cm³/mol. The molecule has 0 radical (unpaired) electrons. The van der Waals surface area contributed by atoms with Crippen LogP contribution in [0.2, 0.25) is 10.0 Å². The number of carbonyl (C=O) groups excluding carboxylic acids is 2. The summed E-state index contributed by atoms with van der Waals surface area (Å²) in [7, 11) is -4.20. The van der Waals surface area contributed by atoms with Gasteiger partial charge < -0.3 is 10.1 Å². The number of halogens is 3. The van der Waals surface area contributed by atoms with E-state index in [0.717, 1.165) is 16.4 Å². The van der Waals surface area contributed by atoms with Crippen molar-refractivity contribution in [3.63, 3.8) is 0 Å². The summed E-state index contributed by atoms with van der Waals surface area (Å²) in [5.41, 5.74) is 0.356. The van der Waals surface area contributed by atoms with Crippen molar-refractivity contribution >= 4 is 56.5 Å². The van der Waals surface area contributed by atoms with Crippen LogP contribution in [0.15, 0.2) is 71.6 Å². The highest BCUT2D eigenvalue weighted by molar-refractivity contribution is 7.92. The van der Waals surface area contributed by atoms with Crippen LogP contribution in [0.4, 0.5) is 15.8 Å². The fourth-order valence-electron chi connectivity index (χ4n) is 2.97. The third-order valence-electron chi connectivity index (χ3n) is 4.56. The molecule has 0 atom stereocenters. The van der Waals surface area contributed by atoms with Crippen LogP contribution in [0.3, 0.4) is 0 Å². The van der Waals surface area contributed by atoms with E-state index >= 15 is 0 Å². The maximum atomic E-state index is 13.7. The largest absolute Gasteiger partial charge is 0.462 e. The van der Waals surface area contributed by atoms with Crippen molar-refractivity contribution in [3.05, 3.63) is 88.2 Å². The monoisotopic (exact) mass is 524 g/mol.